The van der Waals surface area contributed by atoms with E-state index in [1.807, 2.05) is 0 Å². The Bertz CT molecular complexity index is 649. The van der Waals surface area contributed by atoms with Crippen LogP contribution in [-0.2, 0) is 28.6 Å². The van der Waals surface area contributed by atoms with Gasteiger partial charge >= 0.3 is 17.9 Å². The van der Waals surface area contributed by atoms with Crippen LogP contribution in [0.15, 0.2) is 0 Å². The number of hydrogen-bond donors (Lipinski definition) is 0. The predicted octanol–water partition coefficient (Wildman–Crippen LogP) is 11.4. The molecular weight excluding hydrogens is 552 g/mol. The number of carbonyl (C=O) groups excluding carboxylic acids is 3. The summed E-state index contributed by atoms with van der Waals surface area (Å²) in [5.41, 5.74) is 0. The first-order chi connectivity index (χ1) is 21.5. The lowest BCUT2D eigenvalue weighted by atomic mass is 10.1. The lowest BCUT2D eigenvalue weighted by Gasteiger charge is -2.18. The van der Waals surface area contributed by atoms with Crippen molar-refractivity contribution in [2.75, 3.05) is 13.2 Å². The first kappa shape index (κ1) is 42.4. The summed E-state index contributed by atoms with van der Waals surface area (Å²) in [4.78, 5) is 37.1. The Labute approximate surface area is 272 Å². The monoisotopic (exact) mass is 625 g/mol. The molecule has 1 atom stereocenters. The Morgan fingerprint density at radius 2 is 0.614 bits per heavy atom. The van der Waals surface area contributed by atoms with Gasteiger partial charge in [0.1, 0.15) is 13.2 Å². The van der Waals surface area contributed by atoms with Crippen LogP contribution in [-0.4, -0.2) is 37.2 Å². The number of hydrogen-bond acceptors (Lipinski definition) is 6. The molecule has 44 heavy (non-hydrogen) atoms. The van der Waals surface area contributed by atoms with Gasteiger partial charge in [0.05, 0.1) is 0 Å². The summed E-state index contributed by atoms with van der Waals surface area (Å²) in [6.07, 6.45) is 31.1. The summed E-state index contributed by atoms with van der Waals surface area (Å²) < 4.78 is 16.5. The van der Waals surface area contributed by atoms with Gasteiger partial charge < -0.3 is 14.2 Å². The standard InChI is InChI=1S/C38H72O6/c1-4-7-10-13-15-17-19-21-23-26-29-32-38(41)44-35(33-42-36(39)30-27-24-12-9-6-3)34-43-37(40)31-28-25-22-20-18-16-14-11-8-5-2/h35H,4-34H2,1-3H3/t35-/m0/s1. The predicted molar refractivity (Wildman–Crippen MR) is 183 cm³/mol. The molecule has 0 aromatic heterocycles. The smallest absolute Gasteiger partial charge is 0.306 e. The van der Waals surface area contributed by atoms with Gasteiger partial charge in [-0.2, -0.15) is 0 Å². The third-order valence-electron chi connectivity index (χ3n) is 8.36. The third-order valence-corrected chi connectivity index (χ3v) is 8.36. The van der Waals surface area contributed by atoms with Crippen molar-refractivity contribution < 1.29 is 28.6 Å². The molecule has 6 heteroatoms. The van der Waals surface area contributed by atoms with Crippen molar-refractivity contribution >= 4 is 17.9 Å². The molecule has 0 N–H and O–H groups in total. The fourth-order valence-corrected chi connectivity index (χ4v) is 5.44. The maximum Gasteiger partial charge on any atom is 0.306 e. The number of esters is 3. The Balaban J connectivity index is 4.28. The molecule has 0 saturated carbocycles. The van der Waals surface area contributed by atoms with E-state index in [4.69, 9.17) is 14.2 Å². The lowest BCUT2D eigenvalue weighted by molar-refractivity contribution is -0.167. The van der Waals surface area contributed by atoms with Crippen molar-refractivity contribution in [2.24, 2.45) is 0 Å². The molecule has 0 saturated heterocycles. The number of ether oxygens (including phenoxy) is 3. The molecule has 0 aliphatic rings. The molecule has 0 fully saturated rings. The van der Waals surface area contributed by atoms with Crippen molar-refractivity contribution in [1.82, 2.24) is 0 Å². The van der Waals surface area contributed by atoms with Gasteiger partial charge in [0.15, 0.2) is 6.10 Å². The van der Waals surface area contributed by atoms with E-state index in [1.165, 1.54) is 103 Å². The molecule has 260 valence electrons. The van der Waals surface area contributed by atoms with Crippen molar-refractivity contribution in [3.63, 3.8) is 0 Å². The SMILES string of the molecule is CCCCCCCCCCCCCC(=O)O[C@@H](COC(=O)CCCCCCC)COC(=O)CCCCCCCCCCCC. The van der Waals surface area contributed by atoms with E-state index in [9.17, 15) is 14.4 Å². The first-order valence-corrected chi connectivity index (χ1v) is 19.0. The van der Waals surface area contributed by atoms with E-state index in [-0.39, 0.29) is 31.1 Å². The Morgan fingerprint density at radius 1 is 0.364 bits per heavy atom. The second kappa shape index (κ2) is 34.3. The molecule has 0 aliphatic heterocycles. The van der Waals surface area contributed by atoms with Gasteiger partial charge in [-0.25, -0.2) is 0 Å². The van der Waals surface area contributed by atoms with Crippen molar-refractivity contribution in [1.29, 1.82) is 0 Å². The van der Waals surface area contributed by atoms with Crippen LogP contribution in [0.2, 0.25) is 0 Å². The topological polar surface area (TPSA) is 78.9 Å². The molecular formula is C38H72O6. The van der Waals surface area contributed by atoms with Crippen LogP contribution in [0.3, 0.4) is 0 Å². The fraction of sp³-hybridized carbons (Fsp3) is 0.921. The average molecular weight is 625 g/mol. The molecule has 0 spiro atoms. The van der Waals surface area contributed by atoms with Crippen LogP contribution in [0.25, 0.3) is 0 Å². The van der Waals surface area contributed by atoms with Gasteiger partial charge in [-0.3, -0.25) is 14.4 Å². The average Bonchev–Trinajstić information content (AvgIpc) is 3.02. The zero-order chi connectivity index (χ0) is 32.4. The van der Waals surface area contributed by atoms with E-state index in [0.717, 1.165) is 64.2 Å². The summed E-state index contributed by atoms with van der Waals surface area (Å²) in [6, 6.07) is 0. The quantitative estimate of drug-likeness (QED) is 0.0402. The molecule has 0 aromatic rings. The highest BCUT2D eigenvalue weighted by molar-refractivity contribution is 5.71. The van der Waals surface area contributed by atoms with Crippen LogP contribution < -0.4 is 0 Å². The van der Waals surface area contributed by atoms with Crippen molar-refractivity contribution in [3.05, 3.63) is 0 Å². The third kappa shape index (κ3) is 31.8. The molecule has 0 heterocycles. The lowest BCUT2D eigenvalue weighted by Crippen LogP contribution is -2.30. The van der Waals surface area contributed by atoms with E-state index < -0.39 is 6.10 Å². The summed E-state index contributed by atoms with van der Waals surface area (Å²) in [5, 5.41) is 0. The maximum absolute atomic E-state index is 12.5. The van der Waals surface area contributed by atoms with E-state index in [1.54, 1.807) is 0 Å². The van der Waals surface area contributed by atoms with Gasteiger partial charge in [0.25, 0.3) is 0 Å². The van der Waals surface area contributed by atoms with E-state index in [2.05, 4.69) is 20.8 Å². The molecule has 0 unspecified atom stereocenters. The highest BCUT2D eigenvalue weighted by Gasteiger charge is 2.19. The molecule has 0 aliphatic carbocycles. The minimum atomic E-state index is -0.754. The Kier molecular flexibility index (Phi) is 33.0. The van der Waals surface area contributed by atoms with Crippen LogP contribution in [0.5, 0.6) is 0 Å². The summed E-state index contributed by atoms with van der Waals surface area (Å²) in [6.45, 7) is 6.52. The van der Waals surface area contributed by atoms with E-state index in [0.29, 0.717) is 19.3 Å². The number of carbonyl (C=O) groups is 3. The zero-order valence-electron chi connectivity index (χ0n) is 29.4. The number of rotatable bonds is 34. The van der Waals surface area contributed by atoms with Crippen molar-refractivity contribution in [3.8, 4) is 0 Å². The number of unbranched alkanes of at least 4 members (excludes halogenated alkanes) is 23. The maximum atomic E-state index is 12.5. The normalized spacial score (nSPS) is 11.8. The molecule has 0 rings (SSSR count). The highest BCUT2D eigenvalue weighted by atomic mass is 16.6. The van der Waals surface area contributed by atoms with Gasteiger partial charge in [-0.15, -0.1) is 0 Å². The van der Waals surface area contributed by atoms with Gasteiger partial charge in [-0.05, 0) is 19.3 Å². The second-order valence-corrected chi connectivity index (χ2v) is 12.9. The van der Waals surface area contributed by atoms with Crippen LogP contribution in [0.4, 0.5) is 0 Å². The summed E-state index contributed by atoms with van der Waals surface area (Å²) in [7, 11) is 0. The largest absolute Gasteiger partial charge is 0.462 e. The first-order valence-electron chi connectivity index (χ1n) is 19.0. The molecule has 6 nitrogen and oxygen atoms in total. The Hall–Kier alpha value is -1.59. The van der Waals surface area contributed by atoms with Crippen LogP contribution in [0.1, 0.15) is 207 Å². The molecule has 0 radical (unpaired) electrons. The van der Waals surface area contributed by atoms with Gasteiger partial charge in [0.2, 0.25) is 0 Å². The highest BCUT2D eigenvalue weighted by Crippen LogP contribution is 2.14. The Morgan fingerprint density at radius 3 is 0.909 bits per heavy atom. The van der Waals surface area contributed by atoms with Gasteiger partial charge in [-0.1, -0.05) is 168 Å². The summed E-state index contributed by atoms with van der Waals surface area (Å²) in [5.74, 6) is -0.880. The van der Waals surface area contributed by atoms with E-state index >= 15 is 0 Å². The molecule has 0 amide bonds. The molecule has 0 bridgehead atoms. The van der Waals surface area contributed by atoms with Crippen molar-refractivity contribution in [2.45, 2.75) is 213 Å². The summed E-state index contributed by atoms with van der Waals surface area (Å²) >= 11 is 0. The van der Waals surface area contributed by atoms with Gasteiger partial charge in [0, 0.05) is 19.3 Å². The van der Waals surface area contributed by atoms with Crippen LogP contribution >= 0.6 is 0 Å². The zero-order valence-corrected chi connectivity index (χ0v) is 29.4. The molecule has 0 aromatic carbocycles. The second-order valence-electron chi connectivity index (χ2n) is 12.9. The van der Waals surface area contributed by atoms with Crippen LogP contribution in [0, 0.1) is 0 Å². The fourth-order valence-electron chi connectivity index (χ4n) is 5.44. The minimum absolute atomic E-state index is 0.0651. The minimum Gasteiger partial charge on any atom is -0.462 e.